The van der Waals surface area contributed by atoms with Gasteiger partial charge in [-0.2, -0.15) is 0 Å². The summed E-state index contributed by atoms with van der Waals surface area (Å²) in [4.78, 5) is 4.55. The van der Waals surface area contributed by atoms with Crippen LogP contribution in [0.1, 0.15) is 31.4 Å². The molecule has 6 heteroatoms. The van der Waals surface area contributed by atoms with Gasteiger partial charge in [-0.1, -0.05) is 30.3 Å². The smallest absolute Gasteiger partial charge is 0.191 e. The Morgan fingerprint density at radius 3 is 2.43 bits per heavy atom. The summed E-state index contributed by atoms with van der Waals surface area (Å²) in [5.41, 5.74) is 0.932. The summed E-state index contributed by atoms with van der Waals surface area (Å²) in [6.07, 6.45) is 0.957. The second kappa shape index (κ2) is 12.6. The molecule has 0 aliphatic rings. The molecule has 6 nitrogen and oxygen atoms in total. The van der Waals surface area contributed by atoms with Gasteiger partial charge in [0.1, 0.15) is 11.5 Å². The first-order chi connectivity index (χ1) is 13.7. The predicted molar refractivity (Wildman–Crippen MR) is 113 cm³/mol. The van der Waals surface area contributed by atoms with Crippen molar-refractivity contribution in [1.29, 1.82) is 0 Å². The average Bonchev–Trinajstić information content (AvgIpc) is 2.74. The van der Waals surface area contributed by atoms with E-state index in [1.165, 1.54) is 0 Å². The molecule has 0 fully saturated rings. The minimum Gasteiger partial charge on any atom is -0.497 e. The normalized spacial score (nSPS) is 12.3. The molecular weight excluding hydrogens is 354 g/mol. The molecule has 0 aliphatic heterocycles. The molecule has 0 bridgehead atoms. The van der Waals surface area contributed by atoms with Gasteiger partial charge in [-0.3, -0.25) is 4.99 Å². The third kappa shape index (κ3) is 7.88. The molecule has 0 radical (unpaired) electrons. The number of nitrogens with one attached hydrogen (secondary N) is 2. The molecule has 1 unspecified atom stereocenters. The SMILES string of the molecule is CCNC(=NCCCOc1ccc(OC)cc1)NCCC(O)c1ccccc1. The highest BCUT2D eigenvalue weighted by molar-refractivity contribution is 5.79. The molecule has 152 valence electrons. The maximum Gasteiger partial charge on any atom is 0.191 e. The lowest BCUT2D eigenvalue weighted by Gasteiger charge is -2.14. The predicted octanol–water partition coefficient (Wildman–Crippen LogP) is 3.14. The molecule has 0 amide bonds. The van der Waals surface area contributed by atoms with Crippen molar-refractivity contribution in [3.05, 3.63) is 60.2 Å². The summed E-state index contributed by atoms with van der Waals surface area (Å²) in [6, 6.07) is 17.2. The van der Waals surface area contributed by atoms with Crippen LogP contribution in [0.3, 0.4) is 0 Å². The van der Waals surface area contributed by atoms with Crippen molar-refractivity contribution >= 4 is 5.96 Å². The number of hydrogen-bond acceptors (Lipinski definition) is 4. The highest BCUT2D eigenvalue weighted by Gasteiger charge is 2.06. The summed E-state index contributed by atoms with van der Waals surface area (Å²) in [5, 5.41) is 16.7. The van der Waals surface area contributed by atoms with Crippen molar-refractivity contribution in [2.75, 3.05) is 33.4 Å². The van der Waals surface area contributed by atoms with Crippen molar-refractivity contribution in [2.24, 2.45) is 4.99 Å². The standard InChI is InChI=1S/C22H31N3O3/c1-3-23-22(25-16-14-21(26)18-8-5-4-6-9-18)24-15-7-17-28-20-12-10-19(27-2)11-13-20/h4-6,8-13,21,26H,3,7,14-17H2,1-2H3,(H2,23,24,25). The van der Waals surface area contributed by atoms with Crippen LogP contribution >= 0.6 is 0 Å². The molecule has 0 aliphatic carbocycles. The molecule has 0 spiro atoms. The van der Waals surface area contributed by atoms with Gasteiger partial charge in [0.2, 0.25) is 0 Å². The number of benzene rings is 2. The highest BCUT2D eigenvalue weighted by atomic mass is 16.5. The van der Waals surface area contributed by atoms with Crippen LogP contribution in [0.4, 0.5) is 0 Å². The summed E-state index contributed by atoms with van der Waals surface area (Å²) >= 11 is 0. The summed E-state index contributed by atoms with van der Waals surface area (Å²) < 4.78 is 10.8. The Balaban J connectivity index is 1.67. The fourth-order valence-corrected chi connectivity index (χ4v) is 2.63. The Morgan fingerprint density at radius 2 is 1.75 bits per heavy atom. The minimum absolute atomic E-state index is 0.477. The summed E-state index contributed by atoms with van der Waals surface area (Å²) in [6.45, 7) is 4.72. The van der Waals surface area contributed by atoms with E-state index in [1.54, 1.807) is 7.11 Å². The van der Waals surface area contributed by atoms with E-state index < -0.39 is 6.10 Å². The van der Waals surface area contributed by atoms with E-state index in [2.05, 4.69) is 15.6 Å². The molecule has 2 aromatic rings. The monoisotopic (exact) mass is 385 g/mol. The molecule has 0 saturated heterocycles. The average molecular weight is 386 g/mol. The van der Waals surface area contributed by atoms with Gasteiger partial charge < -0.3 is 25.2 Å². The zero-order chi connectivity index (χ0) is 20.0. The van der Waals surface area contributed by atoms with E-state index >= 15 is 0 Å². The van der Waals surface area contributed by atoms with Crippen molar-refractivity contribution in [2.45, 2.75) is 25.9 Å². The molecule has 0 heterocycles. The minimum atomic E-state index is -0.477. The molecule has 3 N–H and O–H groups in total. The molecule has 2 aromatic carbocycles. The second-order valence-corrected chi connectivity index (χ2v) is 6.28. The van der Waals surface area contributed by atoms with Crippen LogP contribution in [-0.2, 0) is 0 Å². The number of methoxy groups -OCH3 is 1. The number of hydrogen-bond donors (Lipinski definition) is 3. The van der Waals surface area contributed by atoms with Crippen molar-refractivity contribution < 1.29 is 14.6 Å². The maximum absolute atomic E-state index is 10.2. The first kappa shape index (κ1) is 21.6. The number of aliphatic hydroxyl groups excluding tert-OH is 1. The quantitative estimate of drug-likeness (QED) is 0.315. The lowest BCUT2D eigenvalue weighted by molar-refractivity contribution is 0.168. The van der Waals surface area contributed by atoms with E-state index in [-0.39, 0.29) is 0 Å². The van der Waals surface area contributed by atoms with Gasteiger partial charge >= 0.3 is 0 Å². The van der Waals surface area contributed by atoms with Crippen LogP contribution < -0.4 is 20.1 Å². The van der Waals surface area contributed by atoms with Gasteiger partial charge in [-0.25, -0.2) is 0 Å². The number of guanidine groups is 1. The number of ether oxygens (including phenoxy) is 2. The third-order valence-electron chi connectivity index (χ3n) is 4.14. The van der Waals surface area contributed by atoms with Crippen LogP contribution in [-0.4, -0.2) is 44.4 Å². The van der Waals surface area contributed by atoms with Crippen molar-refractivity contribution in [1.82, 2.24) is 10.6 Å². The zero-order valence-electron chi connectivity index (χ0n) is 16.7. The Kier molecular flexibility index (Phi) is 9.72. The largest absolute Gasteiger partial charge is 0.497 e. The Bertz CT molecular complexity index is 690. The lowest BCUT2D eigenvalue weighted by Crippen LogP contribution is -2.38. The number of rotatable bonds is 11. The van der Waals surface area contributed by atoms with Gasteiger partial charge in [-0.05, 0) is 43.2 Å². The molecule has 0 aromatic heterocycles. The van der Waals surface area contributed by atoms with E-state index in [9.17, 15) is 5.11 Å². The highest BCUT2D eigenvalue weighted by Crippen LogP contribution is 2.17. The van der Waals surface area contributed by atoms with E-state index in [0.29, 0.717) is 26.1 Å². The summed E-state index contributed by atoms with van der Waals surface area (Å²) in [5.74, 6) is 2.40. The van der Waals surface area contributed by atoms with Gasteiger partial charge in [-0.15, -0.1) is 0 Å². The van der Waals surface area contributed by atoms with Crippen LogP contribution in [0.5, 0.6) is 11.5 Å². The van der Waals surface area contributed by atoms with Crippen LogP contribution in [0.2, 0.25) is 0 Å². The van der Waals surface area contributed by atoms with E-state index in [4.69, 9.17) is 9.47 Å². The fourth-order valence-electron chi connectivity index (χ4n) is 2.63. The third-order valence-corrected chi connectivity index (χ3v) is 4.14. The lowest BCUT2D eigenvalue weighted by atomic mass is 10.1. The van der Waals surface area contributed by atoms with Gasteiger partial charge in [0.05, 0.1) is 19.8 Å². The maximum atomic E-state index is 10.2. The number of nitrogens with zero attached hydrogens (tertiary/aromatic N) is 1. The van der Waals surface area contributed by atoms with Crippen molar-refractivity contribution in [3.8, 4) is 11.5 Å². The Labute approximate surface area is 167 Å². The molecular formula is C22H31N3O3. The van der Waals surface area contributed by atoms with E-state index in [1.807, 2.05) is 61.5 Å². The fraction of sp³-hybridized carbons (Fsp3) is 0.409. The summed E-state index contributed by atoms with van der Waals surface area (Å²) in [7, 11) is 1.65. The second-order valence-electron chi connectivity index (χ2n) is 6.28. The van der Waals surface area contributed by atoms with Gasteiger partial charge in [0, 0.05) is 26.1 Å². The molecule has 28 heavy (non-hydrogen) atoms. The van der Waals surface area contributed by atoms with E-state index in [0.717, 1.165) is 36.0 Å². The molecule has 1 atom stereocenters. The number of aliphatic imine (C=N–C) groups is 1. The first-order valence-electron chi connectivity index (χ1n) is 9.75. The zero-order valence-corrected chi connectivity index (χ0v) is 16.7. The Hall–Kier alpha value is -2.73. The Morgan fingerprint density at radius 1 is 1.04 bits per heavy atom. The van der Waals surface area contributed by atoms with Gasteiger partial charge in [0.15, 0.2) is 5.96 Å². The first-order valence-corrected chi connectivity index (χ1v) is 9.75. The number of aliphatic hydroxyl groups is 1. The van der Waals surface area contributed by atoms with Crippen LogP contribution in [0.15, 0.2) is 59.6 Å². The van der Waals surface area contributed by atoms with Crippen LogP contribution in [0, 0.1) is 0 Å². The van der Waals surface area contributed by atoms with Crippen LogP contribution in [0.25, 0.3) is 0 Å². The van der Waals surface area contributed by atoms with Crippen molar-refractivity contribution in [3.63, 3.8) is 0 Å². The topological polar surface area (TPSA) is 75.1 Å². The molecule has 0 saturated carbocycles. The molecule has 2 rings (SSSR count). The van der Waals surface area contributed by atoms with Gasteiger partial charge in [0.25, 0.3) is 0 Å².